The smallest absolute Gasteiger partial charge is 0.140 e. The van der Waals surface area contributed by atoms with Crippen LogP contribution in [-0.2, 0) is 17.9 Å². The van der Waals surface area contributed by atoms with E-state index in [1.54, 1.807) is 24.9 Å². The first kappa shape index (κ1) is 14.5. The van der Waals surface area contributed by atoms with E-state index in [2.05, 4.69) is 9.97 Å². The van der Waals surface area contributed by atoms with Gasteiger partial charge in [0.1, 0.15) is 18.2 Å². The fourth-order valence-electron chi connectivity index (χ4n) is 2.19. The SMILES string of the molecule is OC(COCc1ccco1)Cn1ccnc1-c1ccncc1. The molecule has 0 aliphatic carbocycles. The lowest BCUT2D eigenvalue weighted by Gasteiger charge is -2.13. The Hall–Kier alpha value is -2.44. The molecular weight excluding hydrogens is 282 g/mol. The largest absolute Gasteiger partial charge is 0.467 e. The van der Waals surface area contributed by atoms with Gasteiger partial charge in [0.15, 0.2) is 0 Å². The Morgan fingerprint density at radius 1 is 1.23 bits per heavy atom. The molecule has 6 heteroatoms. The lowest BCUT2D eigenvalue weighted by molar-refractivity contribution is 0.0149. The first-order chi connectivity index (χ1) is 10.8. The third-order valence-corrected chi connectivity index (χ3v) is 3.20. The number of hydrogen-bond acceptors (Lipinski definition) is 5. The van der Waals surface area contributed by atoms with E-state index in [0.29, 0.717) is 13.2 Å². The number of imidazole rings is 1. The van der Waals surface area contributed by atoms with Crippen LogP contribution in [0.2, 0.25) is 0 Å². The second-order valence-electron chi connectivity index (χ2n) is 4.89. The molecule has 0 aliphatic heterocycles. The Labute approximate surface area is 128 Å². The summed E-state index contributed by atoms with van der Waals surface area (Å²) in [4.78, 5) is 8.32. The van der Waals surface area contributed by atoms with E-state index in [0.717, 1.165) is 17.1 Å². The van der Waals surface area contributed by atoms with Crippen LogP contribution in [0.15, 0.2) is 59.7 Å². The molecule has 1 atom stereocenters. The first-order valence-corrected chi connectivity index (χ1v) is 7.02. The molecule has 0 amide bonds. The fraction of sp³-hybridized carbons (Fsp3) is 0.250. The minimum absolute atomic E-state index is 0.231. The maximum absolute atomic E-state index is 10.1. The topological polar surface area (TPSA) is 73.3 Å². The van der Waals surface area contributed by atoms with E-state index in [9.17, 15) is 5.11 Å². The Morgan fingerprint density at radius 2 is 2.09 bits per heavy atom. The van der Waals surface area contributed by atoms with Crippen molar-refractivity contribution in [3.8, 4) is 11.4 Å². The van der Waals surface area contributed by atoms with E-state index in [-0.39, 0.29) is 6.61 Å². The molecule has 3 aromatic heterocycles. The Bertz CT molecular complexity index is 680. The number of hydrogen-bond donors (Lipinski definition) is 1. The highest BCUT2D eigenvalue weighted by molar-refractivity contribution is 5.54. The summed E-state index contributed by atoms with van der Waals surface area (Å²) in [5.41, 5.74) is 0.962. The number of aliphatic hydroxyl groups is 1. The molecule has 6 nitrogen and oxygen atoms in total. The van der Waals surface area contributed by atoms with E-state index in [4.69, 9.17) is 9.15 Å². The summed E-state index contributed by atoms with van der Waals surface area (Å²) in [6.45, 7) is 0.996. The van der Waals surface area contributed by atoms with Crippen LogP contribution in [0, 0.1) is 0 Å². The van der Waals surface area contributed by atoms with Gasteiger partial charge in [-0.1, -0.05) is 0 Å². The number of nitrogens with zero attached hydrogens (tertiary/aromatic N) is 3. The molecule has 22 heavy (non-hydrogen) atoms. The van der Waals surface area contributed by atoms with Gasteiger partial charge in [-0.25, -0.2) is 4.98 Å². The van der Waals surface area contributed by atoms with Gasteiger partial charge in [-0.15, -0.1) is 0 Å². The van der Waals surface area contributed by atoms with Gasteiger partial charge in [0.2, 0.25) is 0 Å². The number of ether oxygens (including phenoxy) is 1. The zero-order chi connectivity index (χ0) is 15.2. The highest BCUT2D eigenvalue weighted by Crippen LogP contribution is 2.16. The quantitative estimate of drug-likeness (QED) is 0.723. The third-order valence-electron chi connectivity index (χ3n) is 3.20. The van der Waals surface area contributed by atoms with Crippen LogP contribution in [0.3, 0.4) is 0 Å². The Balaban J connectivity index is 1.56. The van der Waals surface area contributed by atoms with E-state index in [1.165, 1.54) is 0 Å². The average molecular weight is 299 g/mol. The van der Waals surface area contributed by atoms with Crippen molar-refractivity contribution in [3.05, 3.63) is 61.1 Å². The van der Waals surface area contributed by atoms with Crippen molar-refractivity contribution in [1.29, 1.82) is 0 Å². The van der Waals surface area contributed by atoms with E-state index >= 15 is 0 Å². The number of pyridine rings is 1. The molecule has 3 aromatic rings. The van der Waals surface area contributed by atoms with E-state index in [1.807, 2.05) is 35.0 Å². The average Bonchev–Trinajstić information content (AvgIpc) is 3.20. The molecule has 3 rings (SSSR count). The van der Waals surface area contributed by atoms with Crippen molar-refractivity contribution in [2.24, 2.45) is 0 Å². The number of rotatable bonds is 7. The van der Waals surface area contributed by atoms with Crippen LogP contribution in [0.25, 0.3) is 11.4 Å². The number of aromatic nitrogens is 3. The van der Waals surface area contributed by atoms with Gasteiger partial charge in [0.05, 0.1) is 25.5 Å². The maximum Gasteiger partial charge on any atom is 0.140 e. The predicted octanol–water partition coefficient (Wildman–Crippen LogP) is 2.12. The number of aliphatic hydroxyl groups excluding tert-OH is 1. The molecule has 1 unspecified atom stereocenters. The van der Waals surface area contributed by atoms with Gasteiger partial charge < -0.3 is 18.8 Å². The highest BCUT2D eigenvalue weighted by atomic mass is 16.5. The second-order valence-corrected chi connectivity index (χ2v) is 4.89. The van der Waals surface area contributed by atoms with Crippen LogP contribution in [0.1, 0.15) is 5.76 Å². The molecular formula is C16H17N3O3. The molecule has 0 bridgehead atoms. The molecule has 114 valence electrons. The molecule has 0 saturated heterocycles. The minimum atomic E-state index is -0.621. The lowest BCUT2D eigenvalue weighted by Crippen LogP contribution is -2.22. The van der Waals surface area contributed by atoms with Crippen molar-refractivity contribution in [2.45, 2.75) is 19.3 Å². The van der Waals surface area contributed by atoms with Crippen LogP contribution >= 0.6 is 0 Å². The van der Waals surface area contributed by atoms with Gasteiger partial charge in [-0.3, -0.25) is 4.98 Å². The summed E-state index contributed by atoms with van der Waals surface area (Å²) >= 11 is 0. The highest BCUT2D eigenvalue weighted by Gasteiger charge is 2.11. The maximum atomic E-state index is 10.1. The second kappa shape index (κ2) is 7.02. The molecule has 0 aromatic carbocycles. The fourth-order valence-corrected chi connectivity index (χ4v) is 2.19. The van der Waals surface area contributed by atoms with Crippen LogP contribution in [0.4, 0.5) is 0 Å². The van der Waals surface area contributed by atoms with Crippen molar-refractivity contribution >= 4 is 0 Å². The Kier molecular flexibility index (Phi) is 4.62. The normalized spacial score (nSPS) is 12.4. The molecule has 0 radical (unpaired) electrons. The van der Waals surface area contributed by atoms with Crippen molar-refractivity contribution < 1.29 is 14.3 Å². The van der Waals surface area contributed by atoms with Gasteiger partial charge in [0.25, 0.3) is 0 Å². The first-order valence-electron chi connectivity index (χ1n) is 7.02. The summed E-state index contributed by atoms with van der Waals surface area (Å²) in [5.74, 6) is 1.54. The third kappa shape index (κ3) is 3.60. The molecule has 0 aliphatic rings. The monoisotopic (exact) mass is 299 g/mol. The molecule has 0 saturated carbocycles. The summed E-state index contributed by atoms with van der Waals surface area (Å²) in [5, 5.41) is 10.1. The zero-order valence-corrected chi connectivity index (χ0v) is 12.0. The van der Waals surface area contributed by atoms with Crippen molar-refractivity contribution in [1.82, 2.24) is 14.5 Å². The molecule has 0 fully saturated rings. The van der Waals surface area contributed by atoms with Crippen molar-refractivity contribution in [2.75, 3.05) is 6.61 Å². The number of furan rings is 1. The van der Waals surface area contributed by atoms with E-state index < -0.39 is 6.10 Å². The van der Waals surface area contributed by atoms with Gasteiger partial charge >= 0.3 is 0 Å². The predicted molar refractivity (Wildman–Crippen MR) is 79.8 cm³/mol. The standard InChI is InChI=1S/C16H17N3O3/c20-14(11-21-12-15-2-1-9-22-15)10-19-8-7-18-16(19)13-3-5-17-6-4-13/h1-9,14,20H,10-12H2. The lowest BCUT2D eigenvalue weighted by atomic mass is 10.2. The van der Waals surface area contributed by atoms with Crippen LogP contribution in [-0.4, -0.2) is 32.4 Å². The molecule has 3 heterocycles. The minimum Gasteiger partial charge on any atom is -0.467 e. The Morgan fingerprint density at radius 3 is 2.86 bits per heavy atom. The van der Waals surface area contributed by atoms with Gasteiger partial charge in [-0.2, -0.15) is 0 Å². The summed E-state index contributed by atoms with van der Waals surface area (Å²) in [7, 11) is 0. The molecule has 0 spiro atoms. The van der Waals surface area contributed by atoms with Crippen LogP contribution in [0.5, 0.6) is 0 Å². The summed E-state index contributed by atoms with van der Waals surface area (Å²) < 4.78 is 12.5. The van der Waals surface area contributed by atoms with Crippen LogP contribution < -0.4 is 0 Å². The summed E-state index contributed by atoms with van der Waals surface area (Å²) in [6.07, 6.45) is 7.97. The van der Waals surface area contributed by atoms with Gasteiger partial charge in [0, 0.05) is 30.4 Å². The van der Waals surface area contributed by atoms with Crippen molar-refractivity contribution in [3.63, 3.8) is 0 Å². The zero-order valence-electron chi connectivity index (χ0n) is 12.0. The van der Waals surface area contributed by atoms with Gasteiger partial charge in [-0.05, 0) is 24.3 Å². The molecule has 1 N–H and O–H groups in total. The summed E-state index contributed by atoms with van der Waals surface area (Å²) in [6, 6.07) is 7.42.